The number of amides is 1. The second-order valence-electron chi connectivity index (χ2n) is 4.79. The Morgan fingerprint density at radius 3 is 2.81 bits per heavy atom. The van der Waals surface area contributed by atoms with Gasteiger partial charge in [-0.1, -0.05) is 18.2 Å². The van der Waals surface area contributed by atoms with Gasteiger partial charge in [0.25, 0.3) is 5.91 Å². The Labute approximate surface area is 125 Å². The molecule has 3 N–H and O–H groups in total. The lowest BCUT2D eigenvalue weighted by molar-refractivity contribution is 0.103. The highest BCUT2D eigenvalue weighted by atomic mass is 32.1. The highest BCUT2D eigenvalue weighted by Gasteiger charge is 2.13. The molecule has 0 radical (unpaired) electrons. The van der Waals surface area contributed by atoms with Crippen molar-refractivity contribution in [1.82, 2.24) is 0 Å². The topological polar surface area (TPSA) is 55.1 Å². The molecule has 1 aromatic heterocycles. The van der Waals surface area contributed by atoms with Gasteiger partial charge >= 0.3 is 0 Å². The Kier molecular flexibility index (Phi) is 3.35. The van der Waals surface area contributed by atoms with Crippen LogP contribution in [-0.2, 0) is 0 Å². The van der Waals surface area contributed by atoms with Crippen LogP contribution in [-0.4, -0.2) is 5.91 Å². The smallest absolute Gasteiger partial charge is 0.265 e. The second-order valence-corrected chi connectivity index (χ2v) is 5.87. The average molecular weight is 300 g/mol. The van der Waals surface area contributed by atoms with E-state index in [2.05, 4.69) is 5.32 Å². The zero-order chi connectivity index (χ0) is 15.0. The lowest BCUT2D eigenvalue weighted by Crippen LogP contribution is -2.12. The molecule has 2 aromatic carbocycles. The molecule has 0 fully saturated rings. The summed E-state index contributed by atoms with van der Waals surface area (Å²) < 4.78 is 13.9. The van der Waals surface area contributed by atoms with Crippen molar-refractivity contribution in [3.8, 4) is 0 Å². The molecular formula is C16H13FN2OS. The molecule has 3 aromatic rings. The minimum absolute atomic E-state index is 0.238. The van der Waals surface area contributed by atoms with Crippen LogP contribution in [0.3, 0.4) is 0 Å². The summed E-state index contributed by atoms with van der Waals surface area (Å²) >= 11 is 1.26. The SMILES string of the molecule is Cc1cccc(N)c1NC(=O)c1cc2ccc(F)cc2s1. The molecule has 0 atom stereocenters. The van der Waals surface area contributed by atoms with Crippen molar-refractivity contribution in [1.29, 1.82) is 0 Å². The summed E-state index contributed by atoms with van der Waals surface area (Å²) in [6.45, 7) is 1.88. The maximum atomic E-state index is 13.2. The number of fused-ring (bicyclic) bond motifs is 1. The first-order valence-corrected chi connectivity index (χ1v) is 7.22. The minimum atomic E-state index is -0.306. The fourth-order valence-electron chi connectivity index (χ4n) is 2.15. The summed E-state index contributed by atoms with van der Waals surface area (Å²) in [5, 5.41) is 3.67. The van der Waals surface area contributed by atoms with Gasteiger partial charge in [-0.25, -0.2) is 4.39 Å². The van der Waals surface area contributed by atoms with Gasteiger partial charge in [-0.15, -0.1) is 11.3 Å². The van der Waals surface area contributed by atoms with Crippen LogP contribution in [0.15, 0.2) is 42.5 Å². The monoisotopic (exact) mass is 300 g/mol. The Morgan fingerprint density at radius 1 is 1.24 bits per heavy atom. The van der Waals surface area contributed by atoms with Crippen LogP contribution < -0.4 is 11.1 Å². The van der Waals surface area contributed by atoms with Gasteiger partial charge in [-0.3, -0.25) is 4.79 Å². The number of rotatable bonds is 2. The van der Waals surface area contributed by atoms with Crippen molar-refractivity contribution in [2.45, 2.75) is 6.92 Å². The van der Waals surface area contributed by atoms with E-state index in [1.54, 1.807) is 18.2 Å². The van der Waals surface area contributed by atoms with Crippen molar-refractivity contribution in [2.75, 3.05) is 11.1 Å². The molecule has 106 valence electrons. The number of carbonyl (C=O) groups is 1. The first-order valence-electron chi connectivity index (χ1n) is 6.40. The van der Waals surface area contributed by atoms with Gasteiger partial charge in [-0.05, 0) is 42.1 Å². The van der Waals surface area contributed by atoms with E-state index in [9.17, 15) is 9.18 Å². The van der Waals surface area contributed by atoms with Crippen molar-refractivity contribution in [3.63, 3.8) is 0 Å². The van der Waals surface area contributed by atoms with Crippen LogP contribution >= 0.6 is 11.3 Å². The molecule has 3 nitrogen and oxygen atoms in total. The lowest BCUT2D eigenvalue weighted by Gasteiger charge is -2.09. The van der Waals surface area contributed by atoms with E-state index in [0.29, 0.717) is 16.3 Å². The molecule has 0 aliphatic carbocycles. The maximum Gasteiger partial charge on any atom is 0.265 e. The van der Waals surface area contributed by atoms with Gasteiger partial charge in [0, 0.05) is 4.70 Å². The van der Waals surface area contributed by atoms with Crippen LogP contribution in [0.1, 0.15) is 15.2 Å². The maximum absolute atomic E-state index is 13.2. The molecule has 1 amide bonds. The summed E-state index contributed by atoms with van der Waals surface area (Å²) in [5.74, 6) is -0.544. The van der Waals surface area contributed by atoms with E-state index in [1.165, 1.54) is 23.5 Å². The standard InChI is InChI=1S/C16H13FN2OS/c1-9-3-2-4-12(18)15(9)19-16(20)14-7-10-5-6-11(17)8-13(10)21-14/h2-8H,18H2,1H3,(H,19,20). The van der Waals surface area contributed by atoms with E-state index in [0.717, 1.165) is 15.6 Å². The molecule has 0 saturated heterocycles. The van der Waals surface area contributed by atoms with E-state index in [4.69, 9.17) is 5.73 Å². The van der Waals surface area contributed by atoms with Gasteiger partial charge in [0.1, 0.15) is 5.82 Å². The van der Waals surface area contributed by atoms with E-state index in [-0.39, 0.29) is 11.7 Å². The number of anilines is 2. The lowest BCUT2D eigenvalue weighted by atomic mass is 10.1. The summed E-state index contributed by atoms with van der Waals surface area (Å²) in [7, 11) is 0. The Hall–Kier alpha value is -2.40. The first-order chi connectivity index (χ1) is 10.0. The summed E-state index contributed by atoms with van der Waals surface area (Å²) in [5.41, 5.74) is 7.92. The van der Waals surface area contributed by atoms with Crippen molar-refractivity contribution >= 4 is 38.7 Å². The molecule has 0 spiro atoms. The summed E-state index contributed by atoms with van der Waals surface area (Å²) in [4.78, 5) is 12.8. The van der Waals surface area contributed by atoms with Crippen molar-refractivity contribution in [3.05, 3.63) is 58.7 Å². The highest BCUT2D eigenvalue weighted by molar-refractivity contribution is 7.20. The molecule has 1 heterocycles. The molecule has 5 heteroatoms. The number of hydrogen-bond acceptors (Lipinski definition) is 3. The molecule has 0 aliphatic heterocycles. The number of halogens is 1. The predicted molar refractivity (Wildman–Crippen MR) is 85.3 cm³/mol. The summed E-state index contributed by atoms with van der Waals surface area (Å²) in [6, 6.07) is 11.7. The van der Waals surface area contributed by atoms with Crippen LogP contribution in [0.5, 0.6) is 0 Å². The quantitative estimate of drug-likeness (QED) is 0.697. The molecular weight excluding hydrogens is 287 g/mol. The minimum Gasteiger partial charge on any atom is -0.397 e. The molecule has 0 aliphatic rings. The van der Waals surface area contributed by atoms with Crippen LogP contribution in [0.4, 0.5) is 15.8 Å². The highest BCUT2D eigenvalue weighted by Crippen LogP contribution is 2.28. The molecule has 0 saturated carbocycles. The van der Waals surface area contributed by atoms with Crippen LogP contribution in [0, 0.1) is 12.7 Å². The third-order valence-corrected chi connectivity index (χ3v) is 4.35. The van der Waals surface area contributed by atoms with Gasteiger partial charge in [0.2, 0.25) is 0 Å². The molecule has 0 unspecified atom stereocenters. The number of aryl methyl sites for hydroxylation is 1. The van der Waals surface area contributed by atoms with E-state index >= 15 is 0 Å². The van der Waals surface area contributed by atoms with Crippen LogP contribution in [0.2, 0.25) is 0 Å². The number of hydrogen-bond donors (Lipinski definition) is 2. The number of thiophene rings is 1. The zero-order valence-corrected chi connectivity index (χ0v) is 12.1. The Bertz CT molecular complexity index is 821. The fraction of sp³-hybridized carbons (Fsp3) is 0.0625. The fourth-order valence-corrected chi connectivity index (χ4v) is 3.14. The first kappa shape index (κ1) is 13.6. The largest absolute Gasteiger partial charge is 0.397 e. The van der Waals surface area contributed by atoms with E-state index < -0.39 is 0 Å². The molecule has 0 bridgehead atoms. The third-order valence-electron chi connectivity index (χ3n) is 3.25. The number of nitrogen functional groups attached to an aromatic ring is 1. The Morgan fingerprint density at radius 2 is 2.05 bits per heavy atom. The van der Waals surface area contributed by atoms with Gasteiger partial charge in [0.05, 0.1) is 16.3 Å². The number of nitrogens with two attached hydrogens (primary N) is 1. The van der Waals surface area contributed by atoms with Crippen molar-refractivity contribution in [2.24, 2.45) is 0 Å². The van der Waals surface area contributed by atoms with Crippen LogP contribution in [0.25, 0.3) is 10.1 Å². The van der Waals surface area contributed by atoms with Gasteiger partial charge in [0.15, 0.2) is 0 Å². The number of nitrogens with one attached hydrogen (secondary N) is 1. The summed E-state index contributed by atoms with van der Waals surface area (Å²) in [6.07, 6.45) is 0. The molecule has 21 heavy (non-hydrogen) atoms. The average Bonchev–Trinajstić information content (AvgIpc) is 2.86. The van der Waals surface area contributed by atoms with Crippen molar-refractivity contribution < 1.29 is 9.18 Å². The second kappa shape index (κ2) is 5.18. The van der Waals surface area contributed by atoms with Gasteiger partial charge in [-0.2, -0.15) is 0 Å². The number of para-hydroxylation sites is 1. The number of benzene rings is 2. The van der Waals surface area contributed by atoms with Gasteiger partial charge < -0.3 is 11.1 Å². The van der Waals surface area contributed by atoms with E-state index in [1.807, 2.05) is 19.1 Å². The normalized spacial score (nSPS) is 10.8. The third kappa shape index (κ3) is 2.60. The number of carbonyl (C=O) groups excluding carboxylic acids is 1. The predicted octanol–water partition coefficient (Wildman–Crippen LogP) is 4.18. The Balaban J connectivity index is 1.94. The zero-order valence-electron chi connectivity index (χ0n) is 11.3. The molecule has 3 rings (SSSR count).